The molecule has 4 heteroatoms. The van der Waals surface area contributed by atoms with Gasteiger partial charge in [0.05, 0.1) is 5.76 Å². The van der Waals surface area contributed by atoms with Gasteiger partial charge in [-0.3, -0.25) is 0 Å². The molecule has 1 unspecified atom stereocenters. The number of rotatable bonds is 8. The van der Waals surface area contributed by atoms with E-state index in [2.05, 4.69) is 33.4 Å². The van der Waals surface area contributed by atoms with Gasteiger partial charge in [-0.1, -0.05) is 51.3 Å². The lowest BCUT2D eigenvalue weighted by molar-refractivity contribution is 0.0692. The minimum atomic E-state index is -1.09. The van der Waals surface area contributed by atoms with E-state index in [1.165, 1.54) is 5.57 Å². The Balaban J connectivity index is 2.54. The smallest absolute Gasteiger partial charge is 0.339 e. The highest BCUT2D eigenvalue weighted by molar-refractivity contribution is 5.94. The van der Waals surface area contributed by atoms with Gasteiger partial charge in [0.1, 0.15) is 17.1 Å². The van der Waals surface area contributed by atoms with Crippen molar-refractivity contribution >= 4 is 5.97 Å². The molecule has 0 radical (unpaired) electrons. The number of benzene rings is 1. The number of aromatic hydroxyl groups is 1. The number of aromatic carboxylic acids is 1. The molecule has 1 aromatic rings. The van der Waals surface area contributed by atoms with Gasteiger partial charge in [-0.15, -0.1) is 0 Å². The Hall–Kier alpha value is -2.23. The Morgan fingerprint density at radius 2 is 2.08 bits per heavy atom. The van der Waals surface area contributed by atoms with Crippen molar-refractivity contribution in [2.24, 2.45) is 0 Å². The van der Waals surface area contributed by atoms with Gasteiger partial charge < -0.3 is 14.9 Å². The van der Waals surface area contributed by atoms with Crippen molar-refractivity contribution in [3.05, 3.63) is 46.7 Å². The summed E-state index contributed by atoms with van der Waals surface area (Å²) < 4.78 is 5.79. The number of ether oxygens (including phenoxy) is 1. The number of hydrogen-bond acceptors (Lipinski definition) is 3. The van der Waals surface area contributed by atoms with Crippen LogP contribution in [0.5, 0.6) is 11.5 Å². The first-order chi connectivity index (χ1) is 12.4. The molecule has 4 nitrogen and oxygen atoms in total. The Kier molecular flexibility index (Phi) is 6.90. The van der Waals surface area contributed by atoms with Crippen LogP contribution in [0, 0.1) is 0 Å². The summed E-state index contributed by atoms with van der Waals surface area (Å²) in [5, 5.41) is 20.5. The molecule has 2 N–H and O–H groups in total. The molecule has 1 aromatic carbocycles. The van der Waals surface area contributed by atoms with E-state index in [9.17, 15) is 15.0 Å². The summed E-state index contributed by atoms with van der Waals surface area (Å²) >= 11 is 0. The SMILES string of the molecule is C=C1CC(/C=C(/C)CCC)c2c(cc(CCCCC)c(C(=O)O)c2O)O1. The van der Waals surface area contributed by atoms with E-state index >= 15 is 0 Å². The number of carboxylic acid groups (broad SMARTS) is 1. The first-order valence-corrected chi connectivity index (χ1v) is 9.53. The predicted molar refractivity (Wildman–Crippen MR) is 104 cm³/mol. The van der Waals surface area contributed by atoms with Crippen LogP contribution in [-0.4, -0.2) is 16.2 Å². The number of aryl methyl sites for hydroxylation is 1. The molecule has 26 heavy (non-hydrogen) atoms. The molecular weight excluding hydrogens is 328 g/mol. The van der Waals surface area contributed by atoms with Gasteiger partial charge in [0.2, 0.25) is 0 Å². The maximum Gasteiger partial charge on any atom is 0.339 e. The highest BCUT2D eigenvalue weighted by Gasteiger charge is 2.31. The summed E-state index contributed by atoms with van der Waals surface area (Å²) in [5.41, 5.74) is 2.44. The highest BCUT2D eigenvalue weighted by Crippen LogP contribution is 2.47. The number of allylic oxidation sites excluding steroid dienone is 3. The fourth-order valence-electron chi connectivity index (χ4n) is 3.66. The predicted octanol–water partition coefficient (Wildman–Crippen LogP) is 5.95. The lowest BCUT2D eigenvalue weighted by Gasteiger charge is -2.28. The lowest BCUT2D eigenvalue weighted by Crippen LogP contribution is -2.15. The third-order valence-corrected chi connectivity index (χ3v) is 4.85. The number of fused-ring (bicyclic) bond motifs is 1. The zero-order valence-corrected chi connectivity index (χ0v) is 16.1. The second kappa shape index (κ2) is 8.93. The van der Waals surface area contributed by atoms with Crippen LogP contribution < -0.4 is 4.74 Å². The van der Waals surface area contributed by atoms with Crippen molar-refractivity contribution in [2.45, 2.75) is 71.6 Å². The van der Waals surface area contributed by atoms with Crippen LogP contribution in [0.3, 0.4) is 0 Å². The number of carbonyl (C=O) groups is 1. The van der Waals surface area contributed by atoms with Crippen LogP contribution in [0.1, 0.15) is 86.7 Å². The minimum Gasteiger partial charge on any atom is -0.507 e. The topological polar surface area (TPSA) is 66.8 Å². The van der Waals surface area contributed by atoms with E-state index in [0.717, 1.165) is 32.1 Å². The van der Waals surface area contributed by atoms with Gasteiger partial charge in [-0.25, -0.2) is 4.79 Å². The van der Waals surface area contributed by atoms with Gasteiger partial charge in [0.15, 0.2) is 0 Å². The molecule has 0 bridgehead atoms. The zero-order valence-electron chi connectivity index (χ0n) is 16.1. The molecule has 0 amide bonds. The Morgan fingerprint density at radius 1 is 1.35 bits per heavy atom. The number of hydrogen-bond donors (Lipinski definition) is 2. The normalized spacial score (nSPS) is 17.0. The average Bonchev–Trinajstić information content (AvgIpc) is 2.54. The molecule has 1 aliphatic heterocycles. The quantitative estimate of drug-likeness (QED) is 0.445. The molecule has 1 aliphatic rings. The summed E-state index contributed by atoms with van der Waals surface area (Å²) in [6, 6.07) is 1.79. The third kappa shape index (κ3) is 4.48. The van der Waals surface area contributed by atoms with E-state index in [4.69, 9.17) is 4.74 Å². The van der Waals surface area contributed by atoms with Gasteiger partial charge in [-0.05, 0) is 37.8 Å². The van der Waals surface area contributed by atoms with Crippen molar-refractivity contribution in [3.63, 3.8) is 0 Å². The van der Waals surface area contributed by atoms with Crippen LogP contribution in [0.4, 0.5) is 0 Å². The molecule has 1 atom stereocenters. The van der Waals surface area contributed by atoms with Crippen LogP contribution in [0.25, 0.3) is 0 Å². The molecule has 0 saturated carbocycles. The van der Waals surface area contributed by atoms with E-state index < -0.39 is 5.97 Å². The molecular formula is C22H30O4. The summed E-state index contributed by atoms with van der Waals surface area (Å²) in [4.78, 5) is 11.8. The zero-order chi connectivity index (χ0) is 19.3. The summed E-state index contributed by atoms with van der Waals surface area (Å²) in [5.74, 6) is -0.167. The summed E-state index contributed by atoms with van der Waals surface area (Å²) in [7, 11) is 0. The van der Waals surface area contributed by atoms with Crippen LogP contribution in [-0.2, 0) is 6.42 Å². The second-order valence-corrected chi connectivity index (χ2v) is 7.15. The van der Waals surface area contributed by atoms with Gasteiger partial charge >= 0.3 is 5.97 Å². The first kappa shape index (κ1) is 20.1. The molecule has 0 saturated heterocycles. The van der Waals surface area contributed by atoms with Crippen molar-refractivity contribution < 1.29 is 19.7 Å². The molecule has 0 spiro atoms. The van der Waals surface area contributed by atoms with Gasteiger partial charge in [-0.2, -0.15) is 0 Å². The first-order valence-electron chi connectivity index (χ1n) is 9.53. The maximum absolute atomic E-state index is 11.8. The van der Waals surface area contributed by atoms with E-state index in [0.29, 0.717) is 35.5 Å². The number of phenols is 1. The van der Waals surface area contributed by atoms with Crippen LogP contribution in [0.15, 0.2) is 30.1 Å². The standard InChI is InChI=1S/C22H30O4/c1-5-7-8-10-16-13-18-19(21(23)20(16)22(24)25)17(12-15(4)26-18)11-14(3)9-6-2/h11,13,17,23H,4-10,12H2,1-3H3,(H,24,25)/b14-11-. The Bertz CT molecular complexity index is 715. The van der Waals surface area contributed by atoms with E-state index in [-0.39, 0.29) is 17.2 Å². The monoisotopic (exact) mass is 358 g/mol. The molecule has 1 heterocycles. The van der Waals surface area contributed by atoms with Crippen LogP contribution in [0.2, 0.25) is 0 Å². The Labute approximate surface area is 156 Å². The fourth-order valence-corrected chi connectivity index (χ4v) is 3.66. The maximum atomic E-state index is 11.8. The fraction of sp³-hybridized carbons (Fsp3) is 0.500. The summed E-state index contributed by atoms with van der Waals surface area (Å²) in [6.45, 7) is 10.2. The van der Waals surface area contributed by atoms with Gasteiger partial charge in [0, 0.05) is 17.9 Å². The van der Waals surface area contributed by atoms with Crippen molar-refractivity contribution in [1.29, 1.82) is 0 Å². The Morgan fingerprint density at radius 3 is 2.69 bits per heavy atom. The van der Waals surface area contributed by atoms with Crippen LogP contribution >= 0.6 is 0 Å². The summed E-state index contributed by atoms with van der Waals surface area (Å²) in [6.07, 6.45) is 8.25. The largest absolute Gasteiger partial charge is 0.507 e. The highest BCUT2D eigenvalue weighted by atomic mass is 16.5. The molecule has 0 aliphatic carbocycles. The third-order valence-electron chi connectivity index (χ3n) is 4.85. The minimum absolute atomic E-state index is 0.0162. The molecule has 0 aromatic heterocycles. The van der Waals surface area contributed by atoms with Crippen molar-refractivity contribution in [1.82, 2.24) is 0 Å². The van der Waals surface area contributed by atoms with E-state index in [1.54, 1.807) is 6.07 Å². The van der Waals surface area contributed by atoms with Crippen molar-refractivity contribution in [2.75, 3.05) is 0 Å². The number of unbranched alkanes of at least 4 members (excludes halogenated alkanes) is 2. The van der Waals surface area contributed by atoms with Crippen molar-refractivity contribution in [3.8, 4) is 11.5 Å². The van der Waals surface area contributed by atoms with Gasteiger partial charge in [0.25, 0.3) is 0 Å². The molecule has 0 fully saturated rings. The van der Waals surface area contributed by atoms with E-state index in [1.807, 2.05) is 0 Å². The number of carboxylic acids is 1. The second-order valence-electron chi connectivity index (χ2n) is 7.15. The average molecular weight is 358 g/mol. The lowest BCUT2D eigenvalue weighted by atomic mass is 9.85. The molecule has 142 valence electrons. The molecule has 2 rings (SSSR count).